The highest BCUT2D eigenvalue weighted by molar-refractivity contribution is 5.86. The van der Waals surface area contributed by atoms with Crippen LogP contribution in [0.5, 0.6) is 0 Å². The first-order chi connectivity index (χ1) is 11.5. The van der Waals surface area contributed by atoms with Gasteiger partial charge in [-0.05, 0) is 29.3 Å². The van der Waals surface area contributed by atoms with Gasteiger partial charge in [0.1, 0.15) is 0 Å². The standard InChI is InChI=1S/C18H20N2O4/c1-23-17(21)11-15(12-7-9-13(19)10-8-12)14-5-3-4-6-16(14)20-18(22)24-2/h3-10,15H,11,19H2,1-2H3,(H,20,22). The molecule has 2 aromatic rings. The first-order valence-electron chi connectivity index (χ1n) is 7.41. The summed E-state index contributed by atoms with van der Waals surface area (Å²) in [6.45, 7) is 0. The number of para-hydroxylation sites is 1. The summed E-state index contributed by atoms with van der Waals surface area (Å²) in [6.07, 6.45) is -0.433. The summed E-state index contributed by atoms with van der Waals surface area (Å²) < 4.78 is 9.47. The van der Waals surface area contributed by atoms with E-state index in [-0.39, 0.29) is 18.3 Å². The number of carbonyl (C=O) groups excluding carboxylic acids is 2. The molecule has 1 amide bonds. The quantitative estimate of drug-likeness (QED) is 0.650. The first-order valence-corrected chi connectivity index (χ1v) is 7.41. The predicted molar refractivity (Wildman–Crippen MR) is 91.8 cm³/mol. The molecule has 0 heterocycles. The molecule has 1 unspecified atom stereocenters. The van der Waals surface area contributed by atoms with E-state index in [9.17, 15) is 9.59 Å². The Balaban J connectivity index is 2.45. The minimum atomic E-state index is -0.573. The lowest BCUT2D eigenvalue weighted by atomic mass is 9.87. The Morgan fingerprint density at radius 3 is 2.33 bits per heavy atom. The van der Waals surface area contributed by atoms with E-state index >= 15 is 0 Å². The summed E-state index contributed by atoms with van der Waals surface area (Å²) in [6, 6.07) is 14.5. The molecule has 0 bridgehead atoms. The van der Waals surface area contributed by atoms with Crippen LogP contribution >= 0.6 is 0 Å². The molecular weight excluding hydrogens is 308 g/mol. The molecule has 126 valence electrons. The molecule has 0 aliphatic carbocycles. The second kappa shape index (κ2) is 8.01. The van der Waals surface area contributed by atoms with Gasteiger partial charge in [-0.2, -0.15) is 0 Å². The van der Waals surface area contributed by atoms with Crippen LogP contribution in [-0.2, 0) is 14.3 Å². The molecule has 0 saturated carbocycles. The van der Waals surface area contributed by atoms with Crippen molar-refractivity contribution in [3.8, 4) is 0 Å². The van der Waals surface area contributed by atoms with Gasteiger partial charge in [-0.15, -0.1) is 0 Å². The molecule has 3 N–H and O–H groups in total. The molecule has 0 aliphatic rings. The molecule has 0 radical (unpaired) electrons. The smallest absolute Gasteiger partial charge is 0.411 e. The highest BCUT2D eigenvalue weighted by Gasteiger charge is 2.22. The maximum absolute atomic E-state index is 11.9. The minimum Gasteiger partial charge on any atom is -0.469 e. The van der Waals surface area contributed by atoms with Gasteiger partial charge >= 0.3 is 12.1 Å². The number of hydrogen-bond acceptors (Lipinski definition) is 5. The summed E-state index contributed by atoms with van der Waals surface area (Å²) >= 11 is 0. The van der Waals surface area contributed by atoms with Crippen LogP contribution in [0.4, 0.5) is 16.2 Å². The molecule has 0 spiro atoms. The average Bonchev–Trinajstić information content (AvgIpc) is 2.61. The van der Waals surface area contributed by atoms with Crippen LogP contribution in [-0.4, -0.2) is 26.3 Å². The van der Waals surface area contributed by atoms with Crippen LogP contribution in [0.2, 0.25) is 0 Å². The summed E-state index contributed by atoms with van der Waals surface area (Å²) in [5.41, 5.74) is 8.64. The van der Waals surface area contributed by atoms with Crippen molar-refractivity contribution in [1.82, 2.24) is 0 Å². The zero-order chi connectivity index (χ0) is 17.5. The van der Waals surface area contributed by atoms with E-state index in [1.807, 2.05) is 24.3 Å². The van der Waals surface area contributed by atoms with Gasteiger partial charge in [0, 0.05) is 17.3 Å². The largest absolute Gasteiger partial charge is 0.469 e. The average molecular weight is 328 g/mol. The molecule has 0 aromatic heterocycles. The first kappa shape index (κ1) is 17.3. The zero-order valence-corrected chi connectivity index (χ0v) is 13.6. The van der Waals surface area contributed by atoms with Gasteiger partial charge in [-0.3, -0.25) is 10.1 Å². The van der Waals surface area contributed by atoms with Crippen LogP contribution in [0.1, 0.15) is 23.5 Å². The van der Waals surface area contributed by atoms with Gasteiger partial charge in [0.25, 0.3) is 0 Å². The summed E-state index contributed by atoms with van der Waals surface area (Å²) in [4.78, 5) is 23.4. The van der Waals surface area contributed by atoms with Crippen molar-refractivity contribution in [2.24, 2.45) is 0 Å². The number of esters is 1. The Kier molecular flexibility index (Phi) is 5.78. The molecule has 2 rings (SSSR count). The fraction of sp³-hybridized carbons (Fsp3) is 0.222. The Hall–Kier alpha value is -3.02. The van der Waals surface area contributed by atoms with E-state index in [1.54, 1.807) is 24.3 Å². The number of ether oxygens (including phenoxy) is 2. The molecule has 6 heteroatoms. The maximum Gasteiger partial charge on any atom is 0.411 e. The molecule has 24 heavy (non-hydrogen) atoms. The number of amides is 1. The monoisotopic (exact) mass is 328 g/mol. The third-order valence-electron chi connectivity index (χ3n) is 3.70. The van der Waals surface area contributed by atoms with Gasteiger partial charge in [0.2, 0.25) is 0 Å². The van der Waals surface area contributed by atoms with Gasteiger partial charge in [0.05, 0.1) is 20.6 Å². The summed E-state index contributed by atoms with van der Waals surface area (Å²) in [5.74, 6) is -0.629. The molecule has 0 aliphatic heterocycles. The van der Waals surface area contributed by atoms with Crippen LogP contribution in [0.25, 0.3) is 0 Å². The normalized spacial score (nSPS) is 11.4. The molecule has 6 nitrogen and oxygen atoms in total. The van der Waals surface area contributed by atoms with Crippen molar-refractivity contribution in [2.45, 2.75) is 12.3 Å². The highest BCUT2D eigenvalue weighted by atomic mass is 16.5. The number of nitrogen functional groups attached to an aromatic ring is 1. The second-order valence-electron chi connectivity index (χ2n) is 5.20. The Bertz CT molecular complexity index is 713. The van der Waals surface area contributed by atoms with Gasteiger partial charge in [-0.1, -0.05) is 30.3 Å². The molecule has 1 atom stereocenters. The van der Waals surface area contributed by atoms with Gasteiger partial charge < -0.3 is 15.2 Å². The van der Waals surface area contributed by atoms with Gasteiger partial charge in [-0.25, -0.2) is 4.79 Å². The van der Waals surface area contributed by atoms with Crippen LogP contribution < -0.4 is 11.1 Å². The number of carbonyl (C=O) groups is 2. The lowest BCUT2D eigenvalue weighted by molar-refractivity contribution is -0.140. The lowest BCUT2D eigenvalue weighted by Gasteiger charge is -2.20. The Morgan fingerprint density at radius 1 is 1.04 bits per heavy atom. The van der Waals surface area contributed by atoms with Crippen molar-refractivity contribution >= 4 is 23.4 Å². The van der Waals surface area contributed by atoms with E-state index in [4.69, 9.17) is 10.5 Å². The second-order valence-corrected chi connectivity index (χ2v) is 5.20. The number of rotatable bonds is 5. The fourth-order valence-corrected chi connectivity index (χ4v) is 2.46. The zero-order valence-electron chi connectivity index (χ0n) is 13.6. The van der Waals surface area contributed by atoms with Crippen molar-refractivity contribution in [3.05, 3.63) is 59.7 Å². The number of benzene rings is 2. The molecule has 2 aromatic carbocycles. The van der Waals surface area contributed by atoms with Crippen LogP contribution in [0.3, 0.4) is 0 Å². The van der Waals surface area contributed by atoms with E-state index < -0.39 is 6.09 Å². The summed E-state index contributed by atoms with van der Waals surface area (Å²) in [7, 11) is 2.64. The third kappa shape index (κ3) is 4.25. The van der Waals surface area contributed by atoms with Crippen molar-refractivity contribution in [1.29, 1.82) is 0 Å². The lowest BCUT2D eigenvalue weighted by Crippen LogP contribution is -2.16. The van der Waals surface area contributed by atoms with Crippen LogP contribution in [0, 0.1) is 0 Å². The number of nitrogens with one attached hydrogen (secondary N) is 1. The third-order valence-corrected chi connectivity index (χ3v) is 3.70. The summed E-state index contributed by atoms with van der Waals surface area (Å²) in [5, 5.41) is 2.68. The predicted octanol–water partition coefficient (Wildman–Crippen LogP) is 3.14. The van der Waals surface area contributed by atoms with Crippen molar-refractivity contribution in [2.75, 3.05) is 25.3 Å². The van der Waals surface area contributed by atoms with Crippen molar-refractivity contribution < 1.29 is 19.1 Å². The topological polar surface area (TPSA) is 90.6 Å². The highest BCUT2D eigenvalue weighted by Crippen LogP contribution is 2.34. The number of methoxy groups -OCH3 is 2. The Labute approximate surface area is 140 Å². The number of hydrogen-bond donors (Lipinski definition) is 2. The molecule has 0 saturated heterocycles. The maximum atomic E-state index is 11.9. The van der Waals surface area contributed by atoms with Gasteiger partial charge in [0.15, 0.2) is 0 Å². The van der Waals surface area contributed by atoms with Crippen molar-refractivity contribution in [3.63, 3.8) is 0 Å². The fourth-order valence-electron chi connectivity index (χ4n) is 2.46. The Morgan fingerprint density at radius 2 is 1.71 bits per heavy atom. The molecular formula is C18H20N2O4. The number of nitrogens with two attached hydrogens (primary N) is 1. The van der Waals surface area contributed by atoms with E-state index in [2.05, 4.69) is 10.1 Å². The van der Waals surface area contributed by atoms with Crippen LogP contribution in [0.15, 0.2) is 48.5 Å². The minimum absolute atomic E-state index is 0.139. The van der Waals surface area contributed by atoms with E-state index in [1.165, 1.54) is 14.2 Å². The SMILES string of the molecule is COC(=O)CC(c1ccc(N)cc1)c1ccccc1NC(=O)OC. The number of anilines is 2. The molecule has 0 fully saturated rings. The van der Waals surface area contributed by atoms with E-state index in [0.29, 0.717) is 11.4 Å². The van der Waals surface area contributed by atoms with E-state index in [0.717, 1.165) is 11.1 Å².